The first kappa shape index (κ1) is 11.1. The number of carbonyl (C=O) groups is 2. The molecule has 0 fully saturated rings. The van der Waals surface area contributed by atoms with Crippen molar-refractivity contribution in [3.05, 3.63) is 0 Å². The molecule has 0 rings (SSSR count). The number of carboxylic acids is 1. The van der Waals surface area contributed by atoms with E-state index in [2.05, 4.69) is 0 Å². The predicted molar refractivity (Wildman–Crippen MR) is 44.7 cm³/mol. The summed E-state index contributed by atoms with van der Waals surface area (Å²) < 4.78 is 0. The Morgan fingerprint density at radius 3 is 2.08 bits per heavy atom. The molecule has 0 aliphatic heterocycles. The molecule has 1 atom stereocenters. The van der Waals surface area contributed by atoms with Gasteiger partial charge in [-0.05, 0) is 0 Å². The fraction of sp³-hybridized carbons (Fsp3) is 0.750. The van der Waals surface area contributed by atoms with Gasteiger partial charge in [0.1, 0.15) is 0 Å². The molecule has 0 aromatic rings. The van der Waals surface area contributed by atoms with E-state index in [0.717, 1.165) is 0 Å². The molecule has 0 amide bonds. The van der Waals surface area contributed by atoms with E-state index < -0.39 is 17.4 Å². The lowest BCUT2D eigenvalue weighted by Gasteiger charge is -2.20. The van der Waals surface area contributed by atoms with E-state index in [-0.39, 0.29) is 12.2 Å². The highest BCUT2D eigenvalue weighted by atomic mass is 16.4. The second-order valence-corrected chi connectivity index (χ2v) is 3.82. The van der Waals surface area contributed by atoms with Gasteiger partial charge in [-0.25, -0.2) is 0 Å². The molecular weight excluding hydrogens is 158 g/mol. The van der Waals surface area contributed by atoms with Crippen molar-refractivity contribution < 1.29 is 14.7 Å². The quantitative estimate of drug-likeness (QED) is 0.647. The first-order chi connectivity index (χ1) is 5.25. The molecule has 12 heavy (non-hydrogen) atoms. The number of carboxylic acid groups (broad SMARTS) is 1. The highest BCUT2D eigenvalue weighted by Crippen LogP contribution is 2.16. The van der Waals surface area contributed by atoms with Crippen molar-refractivity contribution in [1.29, 1.82) is 0 Å². The maximum atomic E-state index is 11.3. The monoisotopic (exact) mass is 173 g/mol. The Morgan fingerprint density at radius 2 is 1.83 bits per heavy atom. The van der Waals surface area contributed by atoms with E-state index in [1.807, 2.05) is 0 Å². The van der Waals surface area contributed by atoms with Crippen molar-refractivity contribution in [3.8, 4) is 0 Å². The fourth-order valence-electron chi connectivity index (χ4n) is 0.837. The van der Waals surface area contributed by atoms with Gasteiger partial charge in [0, 0.05) is 5.41 Å². The van der Waals surface area contributed by atoms with Crippen molar-refractivity contribution in [2.75, 3.05) is 0 Å². The summed E-state index contributed by atoms with van der Waals surface area (Å²) >= 11 is 0. The number of Topliss-reactive ketones (excluding diaryl/α,β-unsaturated/α-hetero) is 1. The number of nitrogens with two attached hydrogens (primary N) is 1. The third-order valence-corrected chi connectivity index (χ3v) is 1.47. The average Bonchev–Trinajstić information content (AvgIpc) is 1.82. The molecule has 4 nitrogen and oxygen atoms in total. The van der Waals surface area contributed by atoms with Crippen LogP contribution >= 0.6 is 0 Å². The second kappa shape index (κ2) is 3.67. The van der Waals surface area contributed by atoms with E-state index in [1.165, 1.54) is 0 Å². The first-order valence-corrected chi connectivity index (χ1v) is 3.77. The second-order valence-electron chi connectivity index (χ2n) is 3.82. The Morgan fingerprint density at radius 1 is 1.42 bits per heavy atom. The van der Waals surface area contributed by atoms with Crippen LogP contribution in [0.1, 0.15) is 27.2 Å². The Hall–Kier alpha value is -0.900. The minimum atomic E-state index is -1.04. The zero-order chi connectivity index (χ0) is 9.94. The molecule has 0 saturated heterocycles. The van der Waals surface area contributed by atoms with E-state index >= 15 is 0 Å². The predicted octanol–water partition coefficient (Wildman–Crippen LogP) is 0.404. The van der Waals surface area contributed by atoms with Crippen LogP contribution in [0.3, 0.4) is 0 Å². The molecule has 0 aromatic carbocycles. The molecule has 70 valence electrons. The molecule has 0 radical (unpaired) electrons. The van der Waals surface area contributed by atoms with Crippen molar-refractivity contribution in [3.63, 3.8) is 0 Å². The van der Waals surface area contributed by atoms with Crippen LogP contribution in [-0.2, 0) is 9.59 Å². The highest BCUT2D eigenvalue weighted by molar-refractivity contribution is 5.91. The summed E-state index contributed by atoms with van der Waals surface area (Å²) in [7, 11) is 0. The largest absolute Gasteiger partial charge is 0.481 e. The Labute approximate surface area is 71.8 Å². The van der Waals surface area contributed by atoms with Crippen LogP contribution in [0.2, 0.25) is 0 Å². The first-order valence-electron chi connectivity index (χ1n) is 3.77. The smallest absolute Gasteiger partial charge is 0.305 e. The molecule has 0 aliphatic carbocycles. The Bertz CT molecular complexity index is 193. The third kappa shape index (κ3) is 3.48. The summed E-state index contributed by atoms with van der Waals surface area (Å²) in [5.41, 5.74) is 4.81. The van der Waals surface area contributed by atoms with Gasteiger partial charge in [-0.2, -0.15) is 0 Å². The van der Waals surface area contributed by atoms with Gasteiger partial charge in [-0.15, -0.1) is 0 Å². The van der Waals surface area contributed by atoms with Crippen molar-refractivity contribution in [1.82, 2.24) is 0 Å². The van der Waals surface area contributed by atoms with Gasteiger partial charge >= 0.3 is 5.97 Å². The Balaban J connectivity index is 4.21. The van der Waals surface area contributed by atoms with E-state index in [0.29, 0.717) is 0 Å². The minimum absolute atomic E-state index is 0.218. The van der Waals surface area contributed by atoms with Gasteiger partial charge in [-0.1, -0.05) is 20.8 Å². The zero-order valence-corrected chi connectivity index (χ0v) is 7.63. The van der Waals surface area contributed by atoms with Crippen LogP contribution in [0, 0.1) is 5.41 Å². The number of carbonyl (C=O) groups excluding carboxylic acids is 1. The summed E-state index contributed by atoms with van der Waals surface area (Å²) in [6, 6.07) is -0.887. The zero-order valence-electron chi connectivity index (χ0n) is 7.63. The number of ketones is 1. The molecule has 0 aliphatic rings. The number of rotatable bonds is 3. The van der Waals surface area contributed by atoms with Crippen molar-refractivity contribution in [2.45, 2.75) is 33.2 Å². The summed E-state index contributed by atoms with van der Waals surface area (Å²) in [5, 5.41) is 8.37. The summed E-state index contributed by atoms with van der Waals surface area (Å²) in [6.07, 6.45) is -0.296. The Kier molecular flexibility index (Phi) is 3.39. The van der Waals surface area contributed by atoms with Crippen LogP contribution < -0.4 is 5.73 Å². The van der Waals surface area contributed by atoms with Gasteiger partial charge in [-0.3, -0.25) is 9.59 Å². The van der Waals surface area contributed by atoms with Crippen LogP contribution in [0.15, 0.2) is 0 Å². The number of hydrogen-bond acceptors (Lipinski definition) is 3. The van der Waals surface area contributed by atoms with E-state index in [1.54, 1.807) is 20.8 Å². The van der Waals surface area contributed by atoms with E-state index in [4.69, 9.17) is 10.8 Å². The standard InChI is InChI=1S/C8H15NO3/c1-8(2,3)7(12)5(9)4-6(10)11/h5H,4,9H2,1-3H3,(H,10,11). The van der Waals surface area contributed by atoms with Crippen molar-refractivity contribution >= 4 is 11.8 Å². The highest BCUT2D eigenvalue weighted by Gasteiger charge is 2.28. The van der Waals surface area contributed by atoms with E-state index in [9.17, 15) is 9.59 Å². The lowest BCUT2D eigenvalue weighted by Crippen LogP contribution is -2.40. The average molecular weight is 173 g/mol. The number of hydrogen-bond donors (Lipinski definition) is 2. The molecule has 1 unspecified atom stereocenters. The van der Waals surface area contributed by atoms with Crippen LogP contribution in [0.4, 0.5) is 0 Å². The molecular formula is C8H15NO3. The number of aliphatic carboxylic acids is 1. The maximum absolute atomic E-state index is 11.3. The van der Waals surface area contributed by atoms with Gasteiger partial charge in [0.05, 0.1) is 12.5 Å². The maximum Gasteiger partial charge on any atom is 0.305 e. The molecule has 4 heteroatoms. The van der Waals surface area contributed by atoms with Crippen LogP contribution in [-0.4, -0.2) is 22.9 Å². The summed E-state index contributed by atoms with van der Waals surface area (Å²) in [5.74, 6) is -1.26. The minimum Gasteiger partial charge on any atom is -0.481 e. The summed E-state index contributed by atoms with van der Waals surface area (Å²) in [6.45, 7) is 5.16. The topological polar surface area (TPSA) is 80.4 Å². The van der Waals surface area contributed by atoms with Gasteiger partial charge < -0.3 is 10.8 Å². The molecule has 0 bridgehead atoms. The van der Waals surface area contributed by atoms with Crippen molar-refractivity contribution in [2.24, 2.45) is 11.1 Å². The molecule has 0 saturated carbocycles. The van der Waals surface area contributed by atoms with Crippen LogP contribution in [0.25, 0.3) is 0 Å². The molecule has 3 N–H and O–H groups in total. The third-order valence-electron chi connectivity index (χ3n) is 1.47. The normalized spacial score (nSPS) is 14.0. The van der Waals surface area contributed by atoms with Gasteiger partial charge in [0.2, 0.25) is 0 Å². The van der Waals surface area contributed by atoms with Gasteiger partial charge in [0.15, 0.2) is 5.78 Å². The molecule has 0 spiro atoms. The summed E-state index contributed by atoms with van der Waals surface area (Å²) in [4.78, 5) is 21.5. The fourth-order valence-corrected chi connectivity index (χ4v) is 0.837. The molecule has 0 heterocycles. The lowest BCUT2D eigenvalue weighted by molar-refractivity contribution is -0.140. The molecule has 0 aromatic heterocycles. The lowest BCUT2D eigenvalue weighted by atomic mass is 9.86. The van der Waals surface area contributed by atoms with Gasteiger partial charge in [0.25, 0.3) is 0 Å². The SMILES string of the molecule is CC(C)(C)C(=O)C(N)CC(=O)O. The van der Waals surface area contributed by atoms with Crippen LogP contribution in [0.5, 0.6) is 0 Å².